The largest absolute Gasteiger partial charge is 0.311 e. The van der Waals surface area contributed by atoms with Crippen molar-refractivity contribution in [2.24, 2.45) is 0 Å². The summed E-state index contributed by atoms with van der Waals surface area (Å²) in [5.41, 5.74) is 36.6. The smallest absolute Gasteiger partial charge is 0.252 e. The molecule has 0 unspecified atom stereocenters. The second-order valence-corrected chi connectivity index (χ2v) is 39.4. The van der Waals surface area contributed by atoms with E-state index in [-0.39, 0.29) is 91.0 Å². The molecule has 0 saturated carbocycles. The van der Waals surface area contributed by atoms with Gasteiger partial charge in [-0.05, 0) is 274 Å². The van der Waals surface area contributed by atoms with Crippen molar-refractivity contribution < 1.29 is 19.2 Å². The fourth-order valence-corrected chi connectivity index (χ4v) is 26.9. The molecule has 25 aromatic rings. The number of para-hydroxylation sites is 4. The number of hydrogen-bond acceptors (Lipinski definition) is 2. The molecule has 0 radical (unpaired) electrons. The third-order valence-electron chi connectivity index (χ3n) is 32.7. The van der Waals surface area contributed by atoms with E-state index in [1.807, 2.05) is 72.8 Å². The third-order valence-corrected chi connectivity index (χ3v) is 32.7. The maximum atomic E-state index is 10.8. The standard InChI is InChI=1S/C141H87BN4/c1-5-35-88(36-6-1)91-65-74-113-111-52-22-33-63-130(111)143(132(113)82-91)98-70-77-126-134(86-98)145(128-61-31-20-43-100(128)93-67-72-109-106-49-17-29-59-121(106)140(124(109)80-93)117-55-25-13-45-102(117)103-46-14-26-56-118(103)140)136-84-95(90-69-76-123-115(79-90)108-51-19-24-54-116(108)139(123,96-39-9-3-10-40-96)97-41-11-4-12-42-97)85-137-138(136)142(126)127-78-71-99(144-131-64-34-23-53-112(131)114-75-66-92(83-133(114)144)89-37-7-2-8-38-89)87-135(127)146(137)129-62-32-21-44-101(129)94-68-73-110-107-50-18-30-60-122(107)141(125(110)81-94)119-57-27-15-47-104(119)105-48-16-28-58-120(105)141/h1-87H/i22D,23D,33D,34D,52D,53D,63D,64D,65D,66D,74D,75D,82D,83D. The summed E-state index contributed by atoms with van der Waals surface area (Å²) in [5, 5.41) is 0.0103. The summed E-state index contributed by atoms with van der Waals surface area (Å²) < 4.78 is 145. The molecule has 2 aromatic heterocycles. The van der Waals surface area contributed by atoms with E-state index < -0.39 is 71.3 Å². The van der Waals surface area contributed by atoms with Gasteiger partial charge < -0.3 is 18.9 Å². The van der Waals surface area contributed by atoms with E-state index in [0.29, 0.717) is 33.9 Å². The minimum Gasteiger partial charge on any atom is -0.311 e. The molecular formula is C141H87BN4. The molecule has 0 fully saturated rings. The van der Waals surface area contributed by atoms with E-state index in [4.69, 9.17) is 0 Å². The molecule has 674 valence electrons. The summed E-state index contributed by atoms with van der Waals surface area (Å²) in [7, 11) is 0. The van der Waals surface area contributed by atoms with Gasteiger partial charge in [-0.2, -0.15) is 0 Å². The lowest BCUT2D eigenvalue weighted by atomic mass is 9.33. The van der Waals surface area contributed by atoms with Gasteiger partial charge in [0.05, 0.1) is 68.9 Å². The number of anilines is 6. The molecule has 7 aliphatic rings. The Kier molecular flexibility index (Phi) is 14.4. The molecule has 2 aliphatic heterocycles. The maximum Gasteiger partial charge on any atom is 0.252 e. The minimum atomic E-state index is -0.819. The Hall–Kier alpha value is -18.7. The molecule has 5 heteroatoms. The van der Waals surface area contributed by atoms with Crippen LogP contribution in [0.3, 0.4) is 0 Å². The molecule has 0 saturated heterocycles. The zero-order chi connectivity index (χ0) is 108. The molecule has 0 atom stereocenters. The van der Waals surface area contributed by atoms with Gasteiger partial charge in [0.15, 0.2) is 0 Å². The van der Waals surface area contributed by atoms with Gasteiger partial charge in [-0.1, -0.05) is 437 Å². The Labute approximate surface area is 866 Å². The SMILES string of the molecule is [2H]c1c([2H])c([2H])c2c(c1[2H])c1c([2H])c([2H])c(-c3ccccc3)c([2H])c1n2-c1ccc2c(c1)N(c1ccccc1-c1ccc3c(c1)C1(c4ccccc4-c4ccccc41)c1ccccc1-3)c1cc(-c3ccc4c(c3)-c3ccccc3C4(c3ccccc3)c3ccccc3)cc3c1B2c1ccc(-n2c4c([2H])c([2H])c([2H])c([2H])c4c4c([2H])c([2H])c(-c5ccccc5)c([2H])c42)cc1N3c1ccccc1-c1ccc2c(c1)C1(c3ccccc3-c3ccccc31)c1ccccc1-2. The first-order valence-electron chi connectivity index (χ1n) is 57.0. The zero-order valence-corrected chi connectivity index (χ0v) is 78.5. The Morgan fingerprint density at radius 2 is 0.507 bits per heavy atom. The molecule has 5 aliphatic carbocycles. The van der Waals surface area contributed by atoms with Crippen molar-refractivity contribution in [3.05, 3.63) is 594 Å². The van der Waals surface area contributed by atoms with Gasteiger partial charge in [-0.15, -0.1) is 0 Å². The highest BCUT2D eigenvalue weighted by Gasteiger charge is 2.55. The van der Waals surface area contributed by atoms with Crippen LogP contribution >= 0.6 is 0 Å². The summed E-state index contributed by atoms with van der Waals surface area (Å²) in [6.45, 7) is -0.819. The second kappa shape index (κ2) is 30.7. The molecule has 146 heavy (non-hydrogen) atoms. The lowest BCUT2D eigenvalue weighted by Gasteiger charge is -2.45. The van der Waals surface area contributed by atoms with Crippen molar-refractivity contribution in [2.45, 2.75) is 16.2 Å². The van der Waals surface area contributed by atoms with Gasteiger partial charge in [0.25, 0.3) is 6.71 Å². The predicted molar refractivity (Wildman–Crippen MR) is 606 cm³/mol. The fourth-order valence-electron chi connectivity index (χ4n) is 26.9. The molecule has 4 nitrogen and oxygen atoms in total. The minimum absolute atomic E-state index is 0.00841. The van der Waals surface area contributed by atoms with Crippen LogP contribution in [0, 0.1) is 0 Å². The average Bonchev–Trinajstić information content (AvgIpc) is 1.50. The van der Waals surface area contributed by atoms with Crippen LogP contribution < -0.4 is 26.2 Å². The highest BCUT2D eigenvalue weighted by Crippen LogP contribution is 2.67. The lowest BCUT2D eigenvalue weighted by molar-refractivity contribution is 0.768. The molecule has 4 heterocycles. The number of aromatic nitrogens is 2. The second-order valence-electron chi connectivity index (χ2n) is 39.4. The molecule has 0 bridgehead atoms. The van der Waals surface area contributed by atoms with E-state index >= 15 is 0 Å². The number of rotatable bonds is 11. The number of hydrogen-bond donors (Lipinski definition) is 0. The summed E-state index contributed by atoms with van der Waals surface area (Å²) >= 11 is 0. The number of fused-ring (bicyclic) bond motifs is 33. The normalized spacial score (nSPS) is 15.4. The Bertz CT molecular complexity index is 10200. The summed E-state index contributed by atoms with van der Waals surface area (Å²) in [5.74, 6) is 0. The van der Waals surface area contributed by atoms with Crippen LogP contribution in [0.25, 0.3) is 166 Å². The first kappa shape index (κ1) is 68.4. The average molecular weight is 1860 g/mol. The van der Waals surface area contributed by atoms with Gasteiger partial charge in [-0.25, -0.2) is 0 Å². The number of benzene rings is 23. The van der Waals surface area contributed by atoms with Crippen LogP contribution in [-0.4, -0.2) is 15.8 Å². The van der Waals surface area contributed by atoms with Gasteiger partial charge in [0.2, 0.25) is 0 Å². The van der Waals surface area contributed by atoms with Crippen LogP contribution in [-0.2, 0) is 16.2 Å². The maximum absolute atomic E-state index is 10.8. The Morgan fingerprint density at radius 1 is 0.185 bits per heavy atom. The van der Waals surface area contributed by atoms with Crippen molar-refractivity contribution in [1.82, 2.24) is 9.13 Å². The van der Waals surface area contributed by atoms with Gasteiger partial charge in [0.1, 0.15) is 0 Å². The quantitative estimate of drug-likeness (QED) is 0.120. The topological polar surface area (TPSA) is 16.3 Å². The lowest BCUT2D eigenvalue weighted by Crippen LogP contribution is -2.61. The van der Waals surface area contributed by atoms with Gasteiger partial charge >= 0.3 is 0 Å². The fraction of sp³-hybridized carbons (Fsp3) is 0.0213. The van der Waals surface area contributed by atoms with E-state index in [0.717, 1.165) is 162 Å². The van der Waals surface area contributed by atoms with Crippen molar-refractivity contribution in [3.63, 3.8) is 0 Å². The first-order valence-corrected chi connectivity index (χ1v) is 50.0. The molecule has 2 spiro atoms. The first-order chi connectivity index (χ1) is 78.3. The number of nitrogens with zero attached hydrogens (tertiary/aromatic N) is 4. The Morgan fingerprint density at radius 3 is 0.911 bits per heavy atom. The predicted octanol–water partition coefficient (Wildman–Crippen LogP) is 33.3. The van der Waals surface area contributed by atoms with E-state index in [2.05, 4.69) is 380 Å². The van der Waals surface area contributed by atoms with Gasteiger partial charge in [-0.3, -0.25) is 0 Å². The van der Waals surface area contributed by atoms with Crippen LogP contribution in [0.2, 0.25) is 0 Å². The Balaban J connectivity index is 0.733. The summed E-state index contributed by atoms with van der Waals surface area (Å²) in [4.78, 5) is 4.79. The molecule has 0 amide bonds. The van der Waals surface area contributed by atoms with Gasteiger partial charge in [0, 0.05) is 66.8 Å². The summed E-state index contributed by atoms with van der Waals surface area (Å²) in [6, 6.07) is 152. The van der Waals surface area contributed by atoms with Crippen molar-refractivity contribution in [3.8, 4) is 123 Å². The van der Waals surface area contributed by atoms with Crippen LogP contribution in [0.4, 0.5) is 34.1 Å². The monoisotopic (exact) mass is 1860 g/mol. The highest BCUT2D eigenvalue weighted by atomic mass is 15.2. The van der Waals surface area contributed by atoms with Crippen LogP contribution in [0.1, 0.15) is 86.0 Å². The van der Waals surface area contributed by atoms with Crippen LogP contribution in [0.5, 0.6) is 0 Å². The molecule has 0 N–H and O–H groups in total. The van der Waals surface area contributed by atoms with Crippen molar-refractivity contribution in [1.29, 1.82) is 0 Å². The van der Waals surface area contributed by atoms with E-state index in [1.54, 1.807) is 9.13 Å². The molecular weight excluding hydrogens is 1760 g/mol. The van der Waals surface area contributed by atoms with E-state index in [9.17, 15) is 19.2 Å². The highest BCUT2D eigenvalue weighted by molar-refractivity contribution is 7.00. The van der Waals surface area contributed by atoms with Crippen LogP contribution in [0.15, 0.2) is 527 Å². The summed E-state index contributed by atoms with van der Waals surface area (Å²) in [6.07, 6.45) is 0. The molecule has 23 aromatic carbocycles. The molecule has 32 rings (SSSR count). The van der Waals surface area contributed by atoms with E-state index in [1.165, 1.54) is 33.4 Å². The van der Waals surface area contributed by atoms with Crippen molar-refractivity contribution in [2.75, 3.05) is 9.80 Å². The van der Waals surface area contributed by atoms with Crippen molar-refractivity contribution >= 4 is 101 Å². The third kappa shape index (κ3) is 10.9. The zero-order valence-electron chi connectivity index (χ0n) is 92.5.